The minimum Gasteiger partial charge on any atom is -0.396 e. The first-order chi connectivity index (χ1) is 9.76. The van der Waals surface area contributed by atoms with Gasteiger partial charge < -0.3 is 15.4 Å². The molecule has 2 unspecified atom stereocenters. The predicted octanol–water partition coefficient (Wildman–Crippen LogP) is 2.91. The zero-order valence-corrected chi connectivity index (χ0v) is 11.4. The van der Waals surface area contributed by atoms with Gasteiger partial charge >= 0.3 is 0 Å². The van der Waals surface area contributed by atoms with Gasteiger partial charge in [-0.25, -0.2) is 9.37 Å². The molecule has 3 rings (SSSR count). The number of aliphatic hydroxyl groups excluding tert-OH is 1. The number of benzene rings is 1. The first-order valence-electron chi connectivity index (χ1n) is 7.26. The maximum Gasteiger partial charge on any atom is 0.201 e. The number of imidazole rings is 1. The number of rotatable bonds is 4. The molecule has 108 valence electrons. The van der Waals surface area contributed by atoms with Gasteiger partial charge in [0.2, 0.25) is 5.95 Å². The Morgan fingerprint density at radius 3 is 2.90 bits per heavy atom. The summed E-state index contributed by atoms with van der Waals surface area (Å²) in [5.74, 6) is 1.28. The fourth-order valence-electron chi connectivity index (χ4n) is 3.09. The number of halogens is 1. The van der Waals surface area contributed by atoms with Crippen LogP contribution in [0.1, 0.15) is 25.7 Å². The van der Waals surface area contributed by atoms with E-state index in [2.05, 4.69) is 15.3 Å². The number of hydrogen-bond donors (Lipinski definition) is 3. The monoisotopic (exact) mass is 277 g/mol. The Balaban J connectivity index is 1.67. The van der Waals surface area contributed by atoms with E-state index in [-0.39, 0.29) is 12.4 Å². The molecular formula is C15H20FN3O. The molecule has 1 aliphatic carbocycles. The molecule has 1 heterocycles. The van der Waals surface area contributed by atoms with E-state index in [1.807, 2.05) is 0 Å². The van der Waals surface area contributed by atoms with E-state index in [1.165, 1.54) is 25.0 Å². The minimum absolute atomic E-state index is 0.262. The number of nitrogens with one attached hydrogen (secondary N) is 2. The van der Waals surface area contributed by atoms with Crippen molar-refractivity contribution in [2.45, 2.75) is 25.7 Å². The van der Waals surface area contributed by atoms with Gasteiger partial charge in [0.15, 0.2) is 0 Å². The van der Waals surface area contributed by atoms with Crippen molar-refractivity contribution in [2.75, 3.05) is 18.5 Å². The Hall–Kier alpha value is -1.62. The molecule has 20 heavy (non-hydrogen) atoms. The second-order valence-electron chi connectivity index (χ2n) is 5.61. The van der Waals surface area contributed by atoms with Gasteiger partial charge in [-0.2, -0.15) is 0 Å². The molecule has 0 radical (unpaired) electrons. The number of aromatic nitrogens is 2. The summed E-state index contributed by atoms with van der Waals surface area (Å²) in [5.41, 5.74) is 1.46. The lowest BCUT2D eigenvalue weighted by Gasteiger charge is -2.30. The standard InChI is InChI=1S/C15H20FN3O/c16-12-5-6-13-14(7-12)19-15(18-13)17-8-10-3-1-2-4-11(10)9-20/h5-7,10-11,20H,1-4,8-9H2,(H2,17,18,19). The largest absolute Gasteiger partial charge is 0.396 e. The summed E-state index contributed by atoms with van der Waals surface area (Å²) in [5, 5.41) is 12.7. The molecule has 0 aliphatic heterocycles. The van der Waals surface area contributed by atoms with Crippen LogP contribution in [0.25, 0.3) is 11.0 Å². The lowest BCUT2D eigenvalue weighted by Crippen LogP contribution is -2.28. The van der Waals surface area contributed by atoms with Crippen molar-refractivity contribution < 1.29 is 9.50 Å². The topological polar surface area (TPSA) is 60.9 Å². The molecule has 2 aromatic rings. The van der Waals surface area contributed by atoms with Crippen LogP contribution in [0, 0.1) is 17.7 Å². The summed E-state index contributed by atoms with van der Waals surface area (Å²) < 4.78 is 13.1. The van der Waals surface area contributed by atoms with Crippen LogP contribution < -0.4 is 5.32 Å². The Morgan fingerprint density at radius 1 is 1.30 bits per heavy atom. The summed E-state index contributed by atoms with van der Waals surface area (Å²) in [4.78, 5) is 7.48. The van der Waals surface area contributed by atoms with Crippen molar-refractivity contribution in [3.8, 4) is 0 Å². The molecule has 4 nitrogen and oxygen atoms in total. The predicted molar refractivity (Wildman–Crippen MR) is 77.1 cm³/mol. The number of nitrogens with zero attached hydrogens (tertiary/aromatic N) is 1. The van der Waals surface area contributed by atoms with Crippen molar-refractivity contribution in [1.82, 2.24) is 9.97 Å². The van der Waals surface area contributed by atoms with E-state index in [0.717, 1.165) is 24.9 Å². The summed E-state index contributed by atoms with van der Waals surface area (Å²) in [6.45, 7) is 1.06. The lowest BCUT2D eigenvalue weighted by atomic mass is 9.80. The van der Waals surface area contributed by atoms with Crippen LogP contribution >= 0.6 is 0 Å². The van der Waals surface area contributed by atoms with Crippen LogP contribution in [0.2, 0.25) is 0 Å². The third kappa shape index (κ3) is 2.77. The molecule has 2 atom stereocenters. The summed E-state index contributed by atoms with van der Waals surface area (Å²) in [7, 11) is 0. The maximum atomic E-state index is 13.1. The third-order valence-electron chi connectivity index (χ3n) is 4.28. The van der Waals surface area contributed by atoms with Crippen LogP contribution in [0.5, 0.6) is 0 Å². The molecule has 0 bridgehead atoms. The van der Waals surface area contributed by atoms with Gasteiger partial charge in [0, 0.05) is 13.2 Å². The average molecular weight is 277 g/mol. The molecule has 1 saturated carbocycles. The quantitative estimate of drug-likeness (QED) is 0.805. The molecular weight excluding hydrogens is 257 g/mol. The lowest BCUT2D eigenvalue weighted by molar-refractivity contribution is 0.141. The second-order valence-corrected chi connectivity index (χ2v) is 5.61. The molecule has 1 aromatic heterocycles. The number of aromatic amines is 1. The van der Waals surface area contributed by atoms with Crippen molar-refractivity contribution in [3.63, 3.8) is 0 Å². The SMILES string of the molecule is OCC1CCCCC1CNc1nc2ccc(F)cc2[nH]1. The van der Waals surface area contributed by atoms with E-state index in [4.69, 9.17) is 0 Å². The highest BCUT2D eigenvalue weighted by Crippen LogP contribution is 2.29. The van der Waals surface area contributed by atoms with Gasteiger partial charge in [-0.3, -0.25) is 0 Å². The summed E-state index contributed by atoms with van der Waals surface area (Å²) in [6, 6.07) is 4.53. The molecule has 1 aromatic carbocycles. The highest BCUT2D eigenvalue weighted by Gasteiger charge is 2.24. The molecule has 3 N–H and O–H groups in total. The van der Waals surface area contributed by atoms with Crippen LogP contribution in [0.3, 0.4) is 0 Å². The Kier molecular flexibility index (Phi) is 3.87. The second kappa shape index (κ2) is 5.79. The van der Waals surface area contributed by atoms with Crippen LogP contribution in [0.4, 0.5) is 10.3 Å². The summed E-state index contributed by atoms with van der Waals surface area (Å²) >= 11 is 0. The van der Waals surface area contributed by atoms with E-state index in [0.29, 0.717) is 23.3 Å². The zero-order chi connectivity index (χ0) is 13.9. The van der Waals surface area contributed by atoms with Crippen LogP contribution in [0.15, 0.2) is 18.2 Å². The average Bonchev–Trinajstić information content (AvgIpc) is 2.87. The molecule has 0 spiro atoms. The van der Waals surface area contributed by atoms with E-state index in [9.17, 15) is 9.50 Å². The highest BCUT2D eigenvalue weighted by atomic mass is 19.1. The van der Waals surface area contributed by atoms with Crippen molar-refractivity contribution in [1.29, 1.82) is 0 Å². The first-order valence-corrected chi connectivity index (χ1v) is 7.26. The van der Waals surface area contributed by atoms with Crippen molar-refractivity contribution in [3.05, 3.63) is 24.0 Å². The Bertz CT molecular complexity index is 584. The third-order valence-corrected chi connectivity index (χ3v) is 4.28. The number of aliphatic hydroxyl groups is 1. The van der Waals surface area contributed by atoms with Gasteiger partial charge in [0.25, 0.3) is 0 Å². The van der Waals surface area contributed by atoms with E-state index < -0.39 is 0 Å². The normalized spacial score (nSPS) is 23.1. The van der Waals surface area contributed by atoms with E-state index >= 15 is 0 Å². The van der Waals surface area contributed by atoms with E-state index in [1.54, 1.807) is 6.07 Å². The smallest absolute Gasteiger partial charge is 0.201 e. The number of hydrogen-bond acceptors (Lipinski definition) is 3. The van der Waals surface area contributed by atoms with Gasteiger partial charge in [0.05, 0.1) is 11.0 Å². The van der Waals surface area contributed by atoms with Gasteiger partial charge in [-0.15, -0.1) is 0 Å². The molecule has 1 aliphatic rings. The fraction of sp³-hybridized carbons (Fsp3) is 0.533. The van der Waals surface area contributed by atoms with Crippen LogP contribution in [-0.4, -0.2) is 28.2 Å². The molecule has 0 amide bonds. The van der Waals surface area contributed by atoms with Crippen molar-refractivity contribution >= 4 is 17.0 Å². The zero-order valence-electron chi connectivity index (χ0n) is 11.4. The first kappa shape index (κ1) is 13.4. The van der Waals surface area contributed by atoms with Crippen molar-refractivity contribution in [2.24, 2.45) is 11.8 Å². The summed E-state index contributed by atoms with van der Waals surface area (Å²) in [6.07, 6.45) is 4.70. The van der Waals surface area contributed by atoms with Gasteiger partial charge in [0.1, 0.15) is 5.82 Å². The molecule has 5 heteroatoms. The Morgan fingerprint density at radius 2 is 2.10 bits per heavy atom. The van der Waals surface area contributed by atoms with Gasteiger partial charge in [-0.05, 0) is 42.9 Å². The molecule has 0 saturated heterocycles. The maximum absolute atomic E-state index is 13.1. The number of H-pyrrole nitrogens is 1. The van der Waals surface area contributed by atoms with Crippen LogP contribution in [-0.2, 0) is 0 Å². The van der Waals surface area contributed by atoms with Gasteiger partial charge in [-0.1, -0.05) is 12.8 Å². The highest BCUT2D eigenvalue weighted by molar-refractivity contribution is 5.77. The molecule has 1 fully saturated rings. The fourth-order valence-corrected chi connectivity index (χ4v) is 3.09. The minimum atomic E-state index is -0.264. The Labute approximate surface area is 117 Å². The number of anilines is 1. The number of fused-ring (bicyclic) bond motifs is 1.